The van der Waals surface area contributed by atoms with Gasteiger partial charge in [-0.3, -0.25) is 0 Å². The summed E-state index contributed by atoms with van der Waals surface area (Å²) in [5.41, 5.74) is 1.69. The summed E-state index contributed by atoms with van der Waals surface area (Å²) in [6, 6.07) is 21.4. The van der Waals surface area contributed by atoms with Crippen LogP contribution < -0.4 is 5.19 Å². The summed E-state index contributed by atoms with van der Waals surface area (Å²) in [5, 5.41) is 1.45. The molecule has 22 heavy (non-hydrogen) atoms. The molecule has 0 fully saturated rings. The van der Waals surface area contributed by atoms with E-state index in [2.05, 4.69) is 86.4 Å². The molecule has 2 rings (SSSR count). The van der Waals surface area contributed by atoms with Crippen LogP contribution in [0.2, 0.25) is 18.6 Å². The summed E-state index contributed by atoms with van der Waals surface area (Å²) in [4.78, 5) is 0. The highest BCUT2D eigenvalue weighted by Gasteiger charge is 2.37. The zero-order valence-corrected chi connectivity index (χ0v) is 14.8. The Bertz CT molecular complexity index is 577. The molecule has 0 saturated carbocycles. The number of rotatable bonds is 7. The molecule has 0 amide bonds. The molecule has 0 aliphatic carbocycles. The number of ether oxygens (including phenoxy) is 1. The molecule has 116 valence electrons. The predicted octanol–water partition coefficient (Wildman–Crippen LogP) is 4.42. The average Bonchev–Trinajstić information content (AvgIpc) is 2.56. The maximum absolute atomic E-state index is 5.88. The summed E-state index contributed by atoms with van der Waals surface area (Å²) in [5.74, 6) is 0. The molecule has 0 aliphatic heterocycles. The second kappa shape index (κ2) is 7.57. The molecule has 2 aromatic carbocycles. The first-order valence-corrected chi connectivity index (χ1v) is 10.9. The van der Waals surface area contributed by atoms with Crippen molar-refractivity contribution in [3.05, 3.63) is 78.9 Å². The van der Waals surface area contributed by atoms with Crippen LogP contribution in [0.4, 0.5) is 0 Å². The van der Waals surface area contributed by atoms with Crippen LogP contribution in [-0.2, 0) is 11.2 Å². The highest BCUT2D eigenvalue weighted by molar-refractivity contribution is 6.91. The van der Waals surface area contributed by atoms with Crippen molar-refractivity contribution in [3.8, 4) is 0 Å². The van der Waals surface area contributed by atoms with Crippen LogP contribution in [0.25, 0.3) is 0 Å². The third-order valence-corrected chi connectivity index (χ3v) is 8.68. The standard InChI is InChI=1S/C20H26OSi/c1-5-20(22(3,4)18-14-10-7-11-15-18)19(21-2)16-17-12-8-6-9-13-17/h5-15,19-20H,1,16H2,2-4H3/t19-,20+/m0/s1. The molecule has 0 unspecified atom stereocenters. The van der Waals surface area contributed by atoms with Crippen molar-refractivity contribution in [2.24, 2.45) is 0 Å². The van der Waals surface area contributed by atoms with Gasteiger partial charge in [0.05, 0.1) is 14.2 Å². The second-order valence-electron chi connectivity index (χ2n) is 6.31. The SMILES string of the molecule is C=C[C@H]([C@H](Cc1ccccc1)OC)[Si](C)(C)c1ccccc1. The molecule has 0 saturated heterocycles. The van der Waals surface area contributed by atoms with E-state index in [0.29, 0.717) is 5.54 Å². The van der Waals surface area contributed by atoms with Gasteiger partial charge in [0, 0.05) is 12.7 Å². The lowest BCUT2D eigenvalue weighted by atomic mass is 10.1. The Balaban J connectivity index is 2.26. The van der Waals surface area contributed by atoms with Gasteiger partial charge in [0.2, 0.25) is 0 Å². The molecule has 2 aromatic rings. The molecular weight excluding hydrogens is 284 g/mol. The van der Waals surface area contributed by atoms with E-state index in [1.165, 1.54) is 10.8 Å². The first kappa shape index (κ1) is 16.7. The van der Waals surface area contributed by atoms with Gasteiger partial charge >= 0.3 is 0 Å². The first-order chi connectivity index (χ1) is 10.6. The smallest absolute Gasteiger partial charge is 0.0902 e. The van der Waals surface area contributed by atoms with Gasteiger partial charge in [-0.1, -0.05) is 85.0 Å². The number of benzene rings is 2. The predicted molar refractivity (Wildman–Crippen MR) is 98.4 cm³/mol. The van der Waals surface area contributed by atoms with Gasteiger partial charge in [0.25, 0.3) is 0 Å². The second-order valence-corrected chi connectivity index (χ2v) is 11.0. The zero-order valence-electron chi connectivity index (χ0n) is 13.8. The van der Waals surface area contributed by atoms with E-state index in [1.54, 1.807) is 0 Å². The Hall–Kier alpha value is -1.64. The van der Waals surface area contributed by atoms with Crippen LogP contribution >= 0.6 is 0 Å². The molecule has 0 radical (unpaired) electrons. The molecular formula is C20H26OSi. The van der Waals surface area contributed by atoms with E-state index in [-0.39, 0.29) is 6.10 Å². The highest BCUT2D eigenvalue weighted by atomic mass is 28.3. The van der Waals surface area contributed by atoms with E-state index in [9.17, 15) is 0 Å². The van der Waals surface area contributed by atoms with Crippen LogP contribution in [0, 0.1) is 0 Å². The largest absolute Gasteiger partial charge is 0.381 e. The Morgan fingerprint density at radius 2 is 1.55 bits per heavy atom. The van der Waals surface area contributed by atoms with Crippen molar-refractivity contribution in [2.45, 2.75) is 31.2 Å². The van der Waals surface area contributed by atoms with Crippen LogP contribution in [0.15, 0.2) is 73.3 Å². The van der Waals surface area contributed by atoms with Gasteiger partial charge in [-0.25, -0.2) is 0 Å². The molecule has 0 bridgehead atoms. The molecule has 2 heteroatoms. The summed E-state index contributed by atoms with van der Waals surface area (Å²) in [6.07, 6.45) is 3.20. The van der Waals surface area contributed by atoms with Gasteiger partial charge in [0.1, 0.15) is 0 Å². The number of hydrogen-bond donors (Lipinski definition) is 0. The van der Waals surface area contributed by atoms with Crippen molar-refractivity contribution in [2.75, 3.05) is 7.11 Å². The van der Waals surface area contributed by atoms with E-state index in [0.717, 1.165) is 6.42 Å². The fraction of sp³-hybridized carbons (Fsp3) is 0.300. The minimum Gasteiger partial charge on any atom is -0.381 e. The minimum atomic E-state index is -1.69. The van der Waals surface area contributed by atoms with Gasteiger partial charge in [0.15, 0.2) is 0 Å². The molecule has 2 atom stereocenters. The molecule has 0 N–H and O–H groups in total. The van der Waals surface area contributed by atoms with Crippen molar-refractivity contribution >= 4 is 13.3 Å². The Morgan fingerprint density at radius 1 is 1.00 bits per heavy atom. The Labute approximate surface area is 135 Å². The zero-order chi connectivity index (χ0) is 16.0. The van der Waals surface area contributed by atoms with Crippen LogP contribution in [0.5, 0.6) is 0 Å². The first-order valence-electron chi connectivity index (χ1n) is 7.84. The monoisotopic (exact) mass is 310 g/mol. The molecule has 0 heterocycles. The lowest BCUT2D eigenvalue weighted by Gasteiger charge is -2.36. The minimum absolute atomic E-state index is 0.168. The quantitative estimate of drug-likeness (QED) is 0.543. The normalized spacial score (nSPS) is 14.3. The summed E-state index contributed by atoms with van der Waals surface area (Å²) < 4.78 is 5.88. The van der Waals surface area contributed by atoms with Crippen LogP contribution in [-0.4, -0.2) is 21.3 Å². The maximum atomic E-state index is 5.88. The molecule has 0 aliphatic rings. The highest BCUT2D eigenvalue weighted by Crippen LogP contribution is 2.30. The number of methoxy groups -OCH3 is 1. The van der Waals surface area contributed by atoms with Crippen molar-refractivity contribution < 1.29 is 4.74 Å². The van der Waals surface area contributed by atoms with Crippen LogP contribution in [0.1, 0.15) is 5.56 Å². The van der Waals surface area contributed by atoms with Crippen molar-refractivity contribution in [1.82, 2.24) is 0 Å². The summed E-state index contributed by atoms with van der Waals surface area (Å²) in [6.45, 7) is 8.93. The van der Waals surface area contributed by atoms with Gasteiger partial charge in [-0.15, -0.1) is 6.58 Å². The van der Waals surface area contributed by atoms with Crippen LogP contribution in [0.3, 0.4) is 0 Å². The van der Waals surface area contributed by atoms with E-state index >= 15 is 0 Å². The third-order valence-electron chi connectivity index (χ3n) is 4.59. The van der Waals surface area contributed by atoms with E-state index < -0.39 is 8.07 Å². The lowest BCUT2D eigenvalue weighted by Crippen LogP contribution is -2.50. The van der Waals surface area contributed by atoms with Gasteiger partial charge < -0.3 is 4.74 Å². The van der Waals surface area contributed by atoms with E-state index in [1.807, 2.05) is 7.11 Å². The molecule has 1 nitrogen and oxygen atoms in total. The molecule has 0 aromatic heterocycles. The van der Waals surface area contributed by atoms with Crippen molar-refractivity contribution in [1.29, 1.82) is 0 Å². The van der Waals surface area contributed by atoms with Gasteiger partial charge in [-0.05, 0) is 12.0 Å². The average molecular weight is 311 g/mol. The van der Waals surface area contributed by atoms with E-state index in [4.69, 9.17) is 4.74 Å². The Morgan fingerprint density at radius 3 is 2.05 bits per heavy atom. The summed E-state index contributed by atoms with van der Waals surface area (Å²) >= 11 is 0. The summed E-state index contributed by atoms with van der Waals surface area (Å²) in [7, 11) is 0.129. The van der Waals surface area contributed by atoms with Gasteiger partial charge in [-0.2, -0.15) is 0 Å². The fourth-order valence-electron chi connectivity index (χ4n) is 3.17. The number of hydrogen-bond acceptors (Lipinski definition) is 1. The third kappa shape index (κ3) is 3.76. The van der Waals surface area contributed by atoms with Crippen molar-refractivity contribution in [3.63, 3.8) is 0 Å². The Kier molecular flexibility index (Phi) is 5.75. The topological polar surface area (TPSA) is 9.23 Å². The lowest BCUT2D eigenvalue weighted by molar-refractivity contribution is 0.104. The fourth-order valence-corrected chi connectivity index (χ4v) is 6.38. The molecule has 0 spiro atoms. The maximum Gasteiger partial charge on any atom is 0.0902 e.